The smallest absolute Gasteiger partial charge is 0.255 e. The van der Waals surface area contributed by atoms with Gasteiger partial charge >= 0.3 is 0 Å². The van der Waals surface area contributed by atoms with Crippen LogP contribution in [0.4, 0.5) is 11.4 Å². The first kappa shape index (κ1) is 15.4. The van der Waals surface area contributed by atoms with Gasteiger partial charge < -0.3 is 15.4 Å². The first-order chi connectivity index (χ1) is 10.1. The molecule has 21 heavy (non-hydrogen) atoms. The van der Waals surface area contributed by atoms with Gasteiger partial charge in [-0.1, -0.05) is 0 Å². The van der Waals surface area contributed by atoms with E-state index in [4.69, 9.17) is 4.74 Å². The molecule has 0 aliphatic heterocycles. The highest BCUT2D eigenvalue weighted by molar-refractivity contribution is 9.10. The van der Waals surface area contributed by atoms with Crippen molar-refractivity contribution in [2.24, 2.45) is 0 Å². The maximum Gasteiger partial charge on any atom is 0.255 e. The van der Waals surface area contributed by atoms with Crippen LogP contribution in [0.1, 0.15) is 17.3 Å². The Bertz CT molecular complexity index is 627. The molecule has 0 aliphatic rings. The Morgan fingerprint density at radius 3 is 2.38 bits per heavy atom. The van der Waals surface area contributed by atoms with E-state index in [9.17, 15) is 4.79 Å². The molecule has 0 radical (unpaired) electrons. The fourth-order valence-corrected chi connectivity index (χ4v) is 2.43. The fourth-order valence-electron chi connectivity index (χ4n) is 1.89. The Labute approximate surface area is 132 Å². The van der Waals surface area contributed by atoms with Gasteiger partial charge in [0.25, 0.3) is 5.91 Å². The molecule has 0 atom stereocenters. The highest BCUT2D eigenvalue weighted by Crippen LogP contribution is 2.27. The maximum atomic E-state index is 12.2. The summed E-state index contributed by atoms with van der Waals surface area (Å²) in [6.07, 6.45) is 0. The molecule has 0 saturated heterocycles. The van der Waals surface area contributed by atoms with E-state index in [1.165, 1.54) is 0 Å². The van der Waals surface area contributed by atoms with E-state index >= 15 is 0 Å². The van der Waals surface area contributed by atoms with Crippen LogP contribution >= 0.6 is 15.9 Å². The minimum absolute atomic E-state index is 0.143. The van der Waals surface area contributed by atoms with Gasteiger partial charge in [0.05, 0.1) is 11.6 Å². The van der Waals surface area contributed by atoms with Crippen LogP contribution < -0.4 is 15.4 Å². The quantitative estimate of drug-likeness (QED) is 0.853. The van der Waals surface area contributed by atoms with E-state index in [0.29, 0.717) is 11.3 Å². The molecule has 0 fully saturated rings. The van der Waals surface area contributed by atoms with Crippen LogP contribution in [-0.2, 0) is 0 Å². The summed E-state index contributed by atoms with van der Waals surface area (Å²) in [5, 5.41) is 6.05. The monoisotopic (exact) mass is 348 g/mol. The molecule has 0 spiro atoms. The van der Waals surface area contributed by atoms with Gasteiger partial charge in [-0.25, -0.2) is 0 Å². The lowest BCUT2D eigenvalue weighted by Gasteiger charge is -2.09. The Morgan fingerprint density at radius 1 is 1.14 bits per heavy atom. The summed E-state index contributed by atoms with van der Waals surface area (Å²) in [7, 11) is 1.60. The zero-order valence-electron chi connectivity index (χ0n) is 11.9. The minimum Gasteiger partial charge on any atom is -0.496 e. The van der Waals surface area contributed by atoms with Gasteiger partial charge in [0.15, 0.2) is 0 Å². The summed E-state index contributed by atoms with van der Waals surface area (Å²) in [6.45, 7) is 2.88. The van der Waals surface area contributed by atoms with E-state index in [0.717, 1.165) is 22.5 Å². The van der Waals surface area contributed by atoms with E-state index in [1.807, 2.05) is 25.1 Å². The molecule has 0 aliphatic carbocycles. The maximum absolute atomic E-state index is 12.2. The van der Waals surface area contributed by atoms with Crippen molar-refractivity contribution in [2.75, 3.05) is 24.3 Å². The van der Waals surface area contributed by atoms with Crippen LogP contribution in [0.3, 0.4) is 0 Å². The summed E-state index contributed by atoms with van der Waals surface area (Å²) >= 11 is 3.40. The van der Waals surface area contributed by atoms with Gasteiger partial charge in [-0.15, -0.1) is 0 Å². The third-order valence-electron chi connectivity index (χ3n) is 2.94. The third kappa shape index (κ3) is 3.98. The molecule has 110 valence electrons. The number of carbonyl (C=O) groups is 1. The van der Waals surface area contributed by atoms with Gasteiger partial charge in [-0.2, -0.15) is 0 Å². The molecule has 0 saturated carbocycles. The summed E-state index contributed by atoms with van der Waals surface area (Å²) in [5.41, 5.74) is 2.33. The summed E-state index contributed by atoms with van der Waals surface area (Å²) in [5.74, 6) is 0.582. The number of hydrogen-bond donors (Lipinski definition) is 2. The van der Waals surface area contributed by atoms with E-state index in [1.54, 1.807) is 31.4 Å². The number of hydrogen-bond acceptors (Lipinski definition) is 3. The minimum atomic E-state index is -0.143. The van der Waals surface area contributed by atoms with Crippen molar-refractivity contribution in [1.82, 2.24) is 0 Å². The number of anilines is 2. The average Bonchev–Trinajstić information content (AvgIpc) is 2.48. The van der Waals surface area contributed by atoms with Crippen LogP contribution in [-0.4, -0.2) is 19.6 Å². The number of methoxy groups -OCH3 is 1. The standard InChI is InChI=1S/C16H17BrN2O2/c1-3-18-12-6-4-11(5-7-12)16(20)19-13-8-9-15(21-2)14(17)10-13/h4-10,18H,3H2,1-2H3,(H,19,20). The molecule has 1 amide bonds. The van der Waals surface area contributed by atoms with Crippen LogP contribution in [0.25, 0.3) is 0 Å². The Kier molecular flexibility index (Phi) is 5.22. The highest BCUT2D eigenvalue weighted by atomic mass is 79.9. The predicted octanol–water partition coefficient (Wildman–Crippen LogP) is 4.14. The molecule has 2 rings (SSSR count). The SMILES string of the molecule is CCNc1ccc(C(=O)Nc2ccc(OC)c(Br)c2)cc1. The Balaban J connectivity index is 2.08. The van der Waals surface area contributed by atoms with Crippen molar-refractivity contribution in [2.45, 2.75) is 6.92 Å². The number of nitrogens with one attached hydrogen (secondary N) is 2. The second-order valence-corrected chi connectivity index (χ2v) is 5.27. The third-order valence-corrected chi connectivity index (χ3v) is 3.56. The summed E-state index contributed by atoms with van der Waals surface area (Å²) in [6, 6.07) is 12.8. The molecule has 0 bridgehead atoms. The Hall–Kier alpha value is -2.01. The van der Waals surface area contributed by atoms with Crippen molar-refractivity contribution in [3.63, 3.8) is 0 Å². The van der Waals surface area contributed by atoms with Crippen molar-refractivity contribution in [3.05, 3.63) is 52.5 Å². The second kappa shape index (κ2) is 7.13. The average molecular weight is 349 g/mol. The topological polar surface area (TPSA) is 50.4 Å². The van der Waals surface area contributed by atoms with Gasteiger partial charge in [-0.05, 0) is 65.3 Å². The van der Waals surface area contributed by atoms with Crippen LogP contribution in [0, 0.1) is 0 Å². The van der Waals surface area contributed by atoms with E-state index in [-0.39, 0.29) is 5.91 Å². The van der Waals surface area contributed by atoms with Crippen molar-refractivity contribution in [3.8, 4) is 5.75 Å². The summed E-state index contributed by atoms with van der Waals surface area (Å²) < 4.78 is 5.96. The number of benzene rings is 2. The van der Waals surface area contributed by atoms with Crippen molar-refractivity contribution < 1.29 is 9.53 Å². The lowest BCUT2D eigenvalue weighted by atomic mass is 10.2. The highest BCUT2D eigenvalue weighted by Gasteiger charge is 2.07. The number of ether oxygens (including phenoxy) is 1. The zero-order chi connectivity index (χ0) is 15.2. The predicted molar refractivity (Wildman–Crippen MR) is 89.3 cm³/mol. The van der Waals surface area contributed by atoms with Crippen LogP contribution in [0.5, 0.6) is 5.75 Å². The molecular formula is C16H17BrN2O2. The van der Waals surface area contributed by atoms with Gasteiger partial charge in [0, 0.05) is 23.5 Å². The Morgan fingerprint density at radius 2 is 1.81 bits per heavy atom. The van der Waals surface area contributed by atoms with Crippen LogP contribution in [0.15, 0.2) is 46.9 Å². The largest absolute Gasteiger partial charge is 0.496 e. The molecule has 4 nitrogen and oxygen atoms in total. The number of amides is 1. The van der Waals surface area contributed by atoms with E-state index < -0.39 is 0 Å². The lowest BCUT2D eigenvalue weighted by molar-refractivity contribution is 0.102. The van der Waals surface area contributed by atoms with Crippen molar-refractivity contribution in [1.29, 1.82) is 0 Å². The molecule has 5 heteroatoms. The van der Waals surface area contributed by atoms with Crippen LogP contribution in [0.2, 0.25) is 0 Å². The van der Waals surface area contributed by atoms with Crippen molar-refractivity contribution >= 4 is 33.2 Å². The summed E-state index contributed by atoms with van der Waals surface area (Å²) in [4.78, 5) is 12.2. The lowest BCUT2D eigenvalue weighted by Crippen LogP contribution is -2.12. The molecule has 0 unspecified atom stereocenters. The number of rotatable bonds is 5. The molecule has 2 aromatic carbocycles. The normalized spacial score (nSPS) is 10.0. The first-order valence-corrected chi connectivity index (χ1v) is 7.42. The van der Waals surface area contributed by atoms with Gasteiger partial charge in [-0.3, -0.25) is 4.79 Å². The molecule has 2 aromatic rings. The van der Waals surface area contributed by atoms with Gasteiger partial charge in [0.1, 0.15) is 5.75 Å². The second-order valence-electron chi connectivity index (χ2n) is 4.41. The van der Waals surface area contributed by atoms with Gasteiger partial charge in [0.2, 0.25) is 0 Å². The molecule has 0 heterocycles. The first-order valence-electron chi connectivity index (χ1n) is 6.63. The molecular weight excluding hydrogens is 332 g/mol. The van der Waals surface area contributed by atoms with E-state index in [2.05, 4.69) is 26.6 Å². The molecule has 0 aromatic heterocycles. The fraction of sp³-hybridized carbons (Fsp3) is 0.188. The zero-order valence-corrected chi connectivity index (χ0v) is 13.5. The number of halogens is 1. The number of carbonyl (C=O) groups excluding carboxylic acids is 1. The molecule has 2 N–H and O–H groups in total.